The summed E-state index contributed by atoms with van der Waals surface area (Å²) in [5, 5.41) is 2.76. The zero-order valence-electron chi connectivity index (χ0n) is 12.3. The van der Waals surface area contributed by atoms with Crippen LogP contribution in [0.15, 0.2) is 45.8 Å². The third-order valence-corrected chi connectivity index (χ3v) is 3.76. The van der Waals surface area contributed by atoms with E-state index in [0.29, 0.717) is 30.4 Å². The lowest BCUT2D eigenvalue weighted by Gasteiger charge is -2.11. The molecule has 1 aliphatic heterocycles. The highest BCUT2D eigenvalue weighted by Gasteiger charge is 2.12. The summed E-state index contributed by atoms with van der Waals surface area (Å²) in [7, 11) is 0. The lowest BCUT2D eigenvalue weighted by atomic mass is 10.2. The quantitative estimate of drug-likeness (QED) is 0.890. The summed E-state index contributed by atoms with van der Waals surface area (Å²) in [6, 6.07) is 8.28. The number of fused-ring (bicyclic) bond motifs is 1. The van der Waals surface area contributed by atoms with Crippen LogP contribution >= 0.6 is 15.9 Å². The summed E-state index contributed by atoms with van der Waals surface area (Å²) in [4.78, 5) is 23.8. The van der Waals surface area contributed by atoms with Gasteiger partial charge < -0.3 is 19.4 Å². The van der Waals surface area contributed by atoms with Crippen molar-refractivity contribution in [2.24, 2.45) is 0 Å². The number of halogens is 1. The molecule has 1 aromatic carbocycles. The van der Waals surface area contributed by atoms with Gasteiger partial charge >= 0.3 is 0 Å². The molecule has 0 spiro atoms. The highest BCUT2D eigenvalue weighted by molar-refractivity contribution is 9.10. The van der Waals surface area contributed by atoms with E-state index in [1.165, 1.54) is 10.6 Å². The topological polar surface area (TPSA) is 69.6 Å². The van der Waals surface area contributed by atoms with Crippen molar-refractivity contribution in [2.75, 3.05) is 18.5 Å². The molecular weight excluding hydrogens is 364 g/mol. The second kappa shape index (κ2) is 6.87. The Bertz CT molecular complexity index is 788. The van der Waals surface area contributed by atoms with Gasteiger partial charge in [0.15, 0.2) is 11.5 Å². The molecule has 0 saturated heterocycles. The number of carbonyl (C=O) groups is 1. The summed E-state index contributed by atoms with van der Waals surface area (Å²) in [6.45, 7) is 1.13. The molecule has 120 valence electrons. The number of ether oxygens (including phenoxy) is 2. The molecule has 0 unspecified atom stereocenters. The molecule has 3 rings (SSSR count). The van der Waals surface area contributed by atoms with Crippen molar-refractivity contribution >= 4 is 27.5 Å². The predicted octanol–water partition coefficient (Wildman–Crippen LogP) is 2.41. The second-order valence-electron chi connectivity index (χ2n) is 5.07. The van der Waals surface area contributed by atoms with Crippen LogP contribution < -0.4 is 20.3 Å². The average molecular weight is 379 g/mol. The normalized spacial score (nSPS) is 13.3. The number of amides is 1. The van der Waals surface area contributed by atoms with Gasteiger partial charge in [-0.1, -0.05) is 0 Å². The van der Waals surface area contributed by atoms with Crippen LogP contribution in [0.5, 0.6) is 11.5 Å². The van der Waals surface area contributed by atoms with Crippen molar-refractivity contribution in [1.29, 1.82) is 0 Å². The fraction of sp³-hybridized carbons (Fsp3) is 0.250. The Morgan fingerprint density at radius 3 is 2.78 bits per heavy atom. The Hall–Kier alpha value is -2.28. The van der Waals surface area contributed by atoms with Crippen LogP contribution in [0.3, 0.4) is 0 Å². The SMILES string of the molecule is O=C(Cn1cc(Br)ccc1=O)Nc1ccc2c(c1)OCCCO2. The van der Waals surface area contributed by atoms with Crippen molar-refractivity contribution in [3.8, 4) is 11.5 Å². The molecule has 1 amide bonds. The van der Waals surface area contributed by atoms with Gasteiger partial charge in [-0.2, -0.15) is 0 Å². The van der Waals surface area contributed by atoms with Gasteiger partial charge in [-0.3, -0.25) is 9.59 Å². The molecule has 0 atom stereocenters. The fourth-order valence-corrected chi connectivity index (χ4v) is 2.60. The lowest BCUT2D eigenvalue weighted by Crippen LogP contribution is -2.26. The smallest absolute Gasteiger partial charge is 0.251 e. The molecule has 6 nitrogen and oxygen atoms in total. The van der Waals surface area contributed by atoms with E-state index in [1.54, 1.807) is 30.5 Å². The van der Waals surface area contributed by atoms with E-state index in [0.717, 1.165) is 10.9 Å². The zero-order valence-corrected chi connectivity index (χ0v) is 13.8. The lowest BCUT2D eigenvalue weighted by molar-refractivity contribution is -0.116. The summed E-state index contributed by atoms with van der Waals surface area (Å²) < 4.78 is 13.2. The number of rotatable bonds is 3. The summed E-state index contributed by atoms with van der Waals surface area (Å²) in [5.41, 5.74) is 0.365. The van der Waals surface area contributed by atoms with Gasteiger partial charge in [0.05, 0.1) is 13.2 Å². The number of aromatic nitrogens is 1. The standard InChI is InChI=1S/C16H15BrN2O4/c17-11-2-5-16(21)19(9-11)10-15(20)18-12-3-4-13-14(8-12)23-7-1-6-22-13/h2-5,8-9H,1,6-7,10H2,(H,18,20). The van der Waals surface area contributed by atoms with Crippen molar-refractivity contribution in [3.05, 3.63) is 51.4 Å². The monoisotopic (exact) mass is 378 g/mol. The molecule has 1 N–H and O–H groups in total. The number of hydrogen-bond donors (Lipinski definition) is 1. The number of nitrogens with zero attached hydrogens (tertiary/aromatic N) is 1. The van der Waals surface area contributed by atoms with E-state index in [9.17, 15) is 9.59 Å². The van der Waals surface area contributed by atoms with Crippen LogP contribution in [-0.2, 0) is 11.3 Å². The predicted molar refractivity (Wildman–Crippen MR) is 89.1 cm³/mol. The van der Waals surface area contributed by atoms with Crippen LogP contribution in [0.4, 0.5) is 5.69 Å². The van der Waals surface area contributed by atoms with Crippen LogP contribution in [-0.4, -0.2) is 23.7 Å². The van der Waals surface area contributed by atoms with Gasteiger partial charge in [-0.15, -0.1) is 0 Å². The molecule has 0 radical (unpaired) electrons. The Morgan fingerprint density at radius 2 is 1.96 bits per heavy atom. The first-order chi connectivity index (χ1) is 11.1. The number of anilines is 1. The summed E-state index contributed by atoms with van der Waals surface area (Å²) in [5.74, 6) is 0.989. The molecule has 2 heterocycles. The molecule has 0 aliphatic carbocycles. The Kier molecular flexibility index (Phi) is 4.66. The maximum Gasteiger partial charge on any atom is 0.251 e. The first kappa shape index (κ1) is 15.6. The molecule has 1 aromatic heterocycles. The van der Waals surface area contributed by atoms with Gasteiger partial charge in [-0.05, 0) is 34.1 Å². The molecule has 0 bridgehead atoms. The third-order valence-electron chi connectivity index (χ3n) is 3.29. The Labute approximate surface area is 141 Å². The first-order valence-electron chi connectivity index (χ1n) is 7.17. The van der Waals surface area contributed by atoms with Crippen LogP contribution in [0, 0.1) is 0 Å². The Morgan fingerprint density at radius 1 is 1.17 bits per heavy atom. The molecule has 0 saturated carbocycles. The number of pyridine rings is 1. The van der Waals surface area contributed by atoms with Crippen LogP contribution in [0.1, 0.15) is 6.42 Å². The molecular formula is C16H15BrN2O4. The highest BCUT2D eigenvalue weighted by Crippen LogP contribution is 2.32. The van der Waals surface area contributed by atoms with E-state index in [1.807, 2.05) is 0 Å². The van der Waals surface area contributed by atoms with E-state index >= 15 is 0 Å². The third kappa shape index (κ3) is 3.92. The van der Waals surface area contributed by atoms with E-state index < -0.39 is 0 Å². The highest BCUT2D eigenvalue weighted by atomic mass is 79.9. The van der Waals surface area contributed by atoms with Crippen molar-refractivity contribution in [3.63, 3.8) is 0 Å². The van der Waals surface area contributed by atoms with Crippen molar-refractivity contribution < 1.29 is 14.3 Å². The van der Waals surface area contributed by atoms with Gasteiger partial charge in [0.2, 0.25) is 5.91 Å². The van der Waals surface area contributed by atoms with E-state index in [4.69, 9.17) is 9.47 Å². The van der Waals surface area contributed by atoms with Crippen LogP contribution in [0.25, 0.3) is 0 Å². The fourth-order valence-electron chi connectivity index (χ4n) is 2.22. The largest absolute Gasteiger partial charge is 0.490 e. The summed E-state index contributed by atoms with van der Waals surface area (Å²) in [6.07, 6.45) is 2.40. The van der Waals surface area contributed by atoms with Gasteiger partial charge in [0.25, 0.3) is 5.56 Å². The molecule has 23 heavy (non-hydrogen) atoms. The molecule has 1 aliphatic rings. The van der Waals surface area contributed by atoms with Crippen LogP contribution in [0.2, 0.25) is 0 Å². The van der Waals surface area contributed by atoms with Crippen molar-refractivity contribution in [1.82, 2.24) is 4.57 Å². The van der Waals surface area contributed by atoms with Gasteiger partial charge in [-0.25, -0.2) is 0 Å². The number of benzene rings is 1. The molecule has 0 fully saturated rings. The zero-order chi connectivity index (χ0) is 16.2. The first-order valence-corrected chi connectivity index (χ1v) is 7.96. The van der Waals surface area contributed by atoms with Gasteiger partial charge in [0, 0.05) is 34.9 Å². The van der Waals surface area contributed by atoms with E-state index in [2.05, 4.69) is 21.2 Å². The van der Waals surface area contributed by atoms with Gasteiger partial charge in [0.1, 0.15) is 6.54 Å². The number of carbonyl (C=O) groups excluding carboxylic acids is 1. The minimum atomic E-state index is -0.292. The molecule has 2 aromatic rings. The molecule has 7 heteroatoms. The minimum absolute atomic E-state index is 0.0628. The van der Waals surface area contributed by atoms with E-state index in [-0.39, 0.29) is 18.0 Å². The number of nitrogens with one attached hydrogen (secondary N) is 1. The second-order valence-corrected chi connectivity index (χ2v) is 5.99. The maximum atomic E-state index is 12.1. The minimum Gasteiger partial charge on any atom is -0.490 e. The Balaban J connectivity index is 1.71. The summed E-state index contributed by atoms with van der Waals surface area (Å²) >= 11 is 3.28. The van der Waals surface area contributed by atoms with Crippen molar-refractivity contribution in [2.45, 2.75) is 13.0 Å². The average Bonchev–Trinajstić information content (AvgIpc) is 2.75. The number of hydrogen-bond acceptors (Lipinski definition) is 4. The maximum absolute atomic E-state index is 12.1.